The summed E-state index contributed by atoms with van der Waals surface area (Å²) in [6.07, 6.45) is 3.34. The van der Waals surface area contributed by atoms with Crippen LogP contribution < -0.4 is 5.32 Å². The van der Waals surface area contributed by atoms with Gasteiger partial charge >= 0.3 is 0 Å². The van der Waals surface area contributed by atoms with Gasteiger partial charge in [-0.25, -0.2) is 0 Å². The maximum atomic E-state index is 9.15. The van der Waals surface area contributed by atoms with E-state index in [4.69, 9.17) is 16.9 Å². The number of aromatic nitrogens is 1. The molecule has 0 amide bonds. The number of nitrogens with zero attached hydrogens (tertiary/aromatic N) is 2. The highest BCUT2D eigenvalue weighted by molar-refractivity contribution is 6.33. The van der Waals surface area contributed by atoms with Crippen molar-refractivity contribution in [2.24, 2.45) is 0 Å². The monoisotopic (exact) mass is 243 g/mol. The molecule has 0 spiro atoms. The Balaban J connectivity index is 2.23. The van der Waals surface area contributed by atoms with Crippen molar-refractivity contribution >= 4 is 17.3 Å². The Kier molecular flexibility index (Phi) is 3.59. The average molecular weight is 244 g/mol. The molecular formula is C13H10ClN3. The first-order valence-electron chi connectivity index (χ1n) is 5.12. The number of rotatable bonds is 3. The van der Waals surface area contributed by atoms with Gasteiger partial charge in [-0.05, 0) is 18.2 Å². The molecule has 4 heteroatoms. The Bertz CT molecular complexity index is 534. The zero-order valence-electron chi connectivity index (χ0n) is 8.97. The van der Waals surface area contributed by atoms with E-state index in [1.807, 2.05) is 24.3 Å². The fraction of sp³-hybridized carbons (Fsp3) is 0.0769. The number of nitrogens with one attached hydrogen (secondary N) is 1. The van der Waals surface area contributed by atoms with Crippen LogP contribution in [-0.4, -0.2) is 4.98 Å². The van der Waals surface area contributed by atoms with Crippen molar-refractivity contribution in [3.63, 3.8) is 0 Å². The molecule has 0 bridgehead atoms. The molecule has 84 valence electrons. The second-order valence-corrected chi connectivity index (χ2v) is 3.88. The molecule has 2 rings (SSSR count). The van der Waals surface area contributed by atoms with Gasteiger partial charge in [0.15, 0.2) is 0 Å². The zero-order chi connectivity index (χ0) is 12.1. The number of anilines is 1. The summed E-state index contributed by atoms with van der Waals surface area (Å²) in [5, 5.41) is 12.8. The third-order valence-electron chi connectivity index (χ3n) is 2.32. The smallest absolute Gasteiger partial charge is 0.141 e. The largest absolute Gasteiger partial charge is 0.365 e. The summed E-state index contributed by atoms with van der Waals surface area (Å²) in [4.78, 5) is 3.99. The second kappa shape index (κ2) is 5.33. The lowest BCUT2D eigenvalue weighted by Gasteiger charge is -2.13. The van der Waals surface area contributed by atoms with E-state index in [2.05, 4.69) is 16.4 Å². The third-order valence-corrected chi connectivity index (χ3v) is 2.65. The Morgan fingerprint density at radius 2 is 2.06 bits per heavy atom. The lowest BCUT2D eigenvalue weighted by atomic mass is 10.1. The number of pyridine rings is 1. The molecule has 1 N–H and O–H groups in total. The zero-order valence-corrected chi connectivity index (χ0v) is 9.72. The highest BCUT2D eigenvalue weighted by Crippen LogP contribution is 2.25. The van der Waals surface area contributed by atoms with Crippen molar-refractivity contribution in [3.05, 3.63) is 59.4 Å². The lowest BCUT2D eigenvalue weighted by molar-refractivity contribution is 0.982. The van der Waals surface area contributed by atoms with E-state index >= 15 is 0 Å². The Morgan fingerprint density at radius 1 is 1.24 bits per heavy atom. The van der Waals surface area contributed by atoms with E-state index in [1.54, 1.807) is 24.5 Å². The summed E-state index contributed by atoms with van der Waals surface area (Å²) >= 11 is 6.03. The van der Waals surface area contributed by atoms with E-state index in [-0.39, 0.29) is 0 Å². The topological polar surface area (TPSA) is 48.7 Å². The van der Waals surface area contributed by atoms with Crippen molar-refractivity contribution in [1.29, 1.82) is 5.26 Å². The fourth-order valence-electron chi connectivity index (χ4n) is 1.47. The predicted octanol–water partition coefficient (Wildman–Crippen LogP) is 3.41. The van der Waals surface area contributed by atoms with Crippen LogP contribution in [0.25, 0.3) is 0 Å². The van der Waals surface area contributed by atoms with Crippen LogP contribution >= 0.6 is 11.6 Å². The van der Waals surface area contributed by atoms with Gasteiger partial charge in [-0.15, -0.1) is 0 Å². The number of halogens is 1. The second-order valence-electron chi connectivity index (χ2n) is 3.47. The number of benzene rings is 1. The summed E-state index contributed by atoms with van der Waals surface area (Å²) in [6.45, 7) is 0. The molecule has 1 aromatic carbocycles. The molecule has 1 unspecified atom stereocenters. The number of hydrogen-bond acceptors (Lipinski definition) is 3. The summed E-state index contributed by atoms with van der Waals surface area (Å²) in [5.41, 5.74) is 1.56. The van der Waals surface area contributed by atoms with Crippen LogP contribution in [0.5, 0.6) is 0 Å². The standard InChI is InChI=1S/C13H10ClN3/c14-11-5-1-2-6-12(11)17-13(8-15)10-4-3-7-16-9-10/h1-7,9,13,17H. The molecular weight excluding hydrogens is 234 g/mol. The molecule has 17 heavy (non-hydrogen) atoms. The van der Waals surface area contributed by atoms with Crippen LogP contribution in [0.3, 0.4) is 0 Å². The van der Waals surface area contributed by atoms with Crippen molar-refractivity contribution in [1.82, 2.24) is 4.98 Å². The van der Waals surface area contributed by atoms with Crippen LogP contribution in [0.4, 0.5) is 5.69 Å². The fourth-order valence-corrected chi connectivity index (χ4v) is 1.66. The van der Waals surface area contributed by atoms with Gasteiger partial charge in [-0.3, -0.25) is 4.98 Å². The maximum absolute atomic E-state index is 9.15. The molecule has 1 atom stereocenters. The van der Waals surface area contributed by atoms with Crippen molar-refractivity contribution in [3.8, 4) is 6.07 Å². The van der Waals surface area contributed by atoms with Crippen LogP contribution in [0, 0.1) is 11.3 Å². The van der Waals surface area contributed by atoms with Gasteiger partial charge in [0.1, 0.15) is 6.04 Å². The first kappa shape index (κ1) is 11.4. The lowest BCUT2D eigenvalue weighted by Crippen LogP contribution is -2.08. The third kappa shape index (κ3) is 2.74. The van der Waals surface area contributed by atoms with E-state index < -0.39 is 6.04 Å². The highest BCUT2D eigenvalue weighted by atomic mass is 35.5. The van der Waals surface area contributed by atoms with Gasteiger partial charge in [0, 0.05) is 18.0 Å². The molecule has 2 aromatic rings. The minimum atomic E-state index is -0.455. The minimum Gasteiger partial charge on any atom is -0.365 e. The van der Waals surface area contributed by atoms with Gasteiger partial charge in [0.05, 0.1) is 16.8 Å². The molecule has 0 aliphatic rings. The normalized spacial score (nSPS) is 11.5. The molecule has 3 nitrogen and oxygen atoms in total. The minimum absolute atomic E-state index is 0.455. The van der Waals surface area contributed by atoms with Gasteiger partial charge < -0.3 is 5.32 Å². The van der Waals surface area contributed by atoms with E-state index in [9.17, 15) is 0 Å². The van der Waals surface area contributed by atoms with Crippen LogP contribution in [-0.2, 0) is 0 Å². The van der Waals surface area contributed by atoms with E-state index in [0.717, 1.165) is 11.3 Å². The molecule has 0 saturated heterocycles. The summed E-state index contributed by atoms with van der Waals surface area (Å²) in [5.74, 6) is 0. The molecule has 0 radical (unpaired) electrons. The van der Waals surface area contributed by atoms with Crippen molar-refractivity contribution in [2.45, 2.75) is 6.04 Å². The van der Waals surface area contributed by atoms with Crippen molar-refractivity contribution < 1.29 is 0 Å². The highest BCUT2D eigenvalue weighted by Gasteiger charge is 2.11. The van der Waals surface area contributed by atoms with Gasteiger partial charge in [0.25, 0.3) is 0 Å². The Morgan fingerprint density at radius 3 is 2.71 bits per heavy atom. The first-order chi connectivity index (χ1) is 8.31. The number of para-hydroxylation sites is 1. The van der Waals surface area contributed by atoms with Crippen LogP contribution in [0.15, 0.2) is 48.8 Å². The van der Waals surface area contributed by atoms with Gasteiger partial charge in [-0.2, -0.15) is 5.26 Å². The molecule has 0 fully saturated rings. The quantitative estimate of drug-likeness (QED) is 0.899. The Labute approximate surface area is 105 Å². The van der Waals surface area contributed by atoms with Crippen LogP contribution in [0.2, 0.25) is 5.02 Å². The van der Waals surface area contributed by atoms with Crippen LogP contribution in [0.1, 0.15) is 11.6 Å². The first-order valence-corrected chi connectivity index (χ1v) is 5.49. The summed E-state index contributed by atoms with van der Waals surface area (Å²) in [6, 6.07) is 12.7. The molecule has 1 heterocycles. The Hall–Kier alpha value is -2.05. The average Bonchev–Trinajstić information content (AvgIpc) is 2.39. The van der Waals surface area contributed by atoms with Crippen molar-refractivity contribution in [2.75, 3.05) is 5.32 Å². The predicted molar refractivity (Wildman–Crippen MR) is 67.7 cm³/mol. The summed E-state index contributed by atoms with van der Waals surface area (Å²) in [7, 11) is 0. The van der Waals surface area contributed by atoms with E-state index in [0.29, 0.717) is 5.02 Å². The molecule has 0 aliphatic carbocycles. The SMILES string of the molecule is N#CC(Nc1ccccc1Cl)c1cccnc1. The molecule has 1 aromatic heterocycles. The number of nitriles is 1. The van der Waals surface area contributed by atoms with Gasteiger partial charge in [-0.1, -0.05) is 29.8 Å². The van der Waals surface area contributed by atoms with E-state index in [1.165, 1.54) is 0 Å². The summed E-state index contributed by atoms with van der Waals surface area (Å²) < 4.78 is 0. The molecule has 0 aliphatic heterocycles. The maximum Gasteiger partial charge on any atom is 0.141 e. The number of hydrogen-bond donors (Lipinski definition) is 1. The van der Waals surface area contributed by atoms with Gasteiger partial charge in [0.2, 0.25) is 0 Å². The molecule has 0 saturated carbocycles.